The number of nitrogens with one attached hydrogen (secondary N) is 1. The van der Waals surface area contributed by atoms with Crippen molar-refractivity contribution >= 4 is 10.0 Å². The maximum atomic E-state index is 13.1. The molecule has 0 aromatic rings. The Balaban J connectivity index is 2.27. The van der Waals surface area contributed by atoms with E-state index >= 15 is 0 Å². The zero-order chi connectivity index (χ0) is 19.4. The van der Waals surface area contributed by atoms with Crippen molar-refractivity contribution in [3.05, 3.63) is 60.4 Å². The third-order valence-corrected chi connectivity index (χ3v) is 5.93. The quantitative estimate of drug-likeness (QED) is 0.705. The Bertz CT molecular complexity index is 749. The standard InChI is InChI=1S/C18H23F3N2O2S/c1-3-7-14(4-2)10-11-16-13-23(26(24,25)18(19,20)21)12-15-8-5-6-9-17(15)22-16/h3-4,7-9,16,22H,1-2,5-6,10-13H2/b14-7+. The molecule has 26 heavy (non-hydrogen) atoms. The van der Waals surface area contributed by atoms with E-state index in [4.69, 9.17) is 0 Å². The van der Waals surface area contributed by atoms with Gasteiger partial charge in [0.2, 0.25) is 0 Å². The molecular weight excluding hydrogens is 365 g/mol. The van der Waals surface area contributed by atoms with Gasteiger partial charge >= 0.3 is 15.5 Å². The van der Waals surface area contributed by atoms with Crippen LogP contribution in [0.1, 0.15) is 25.7 Å². The predicted octanol–water partition coefficient (Wildman–Crippen LogP) is 3.79. The minimum absolute atomic E-state index is 0.241. The van der Waals surface area contributed by atoms with Gasteiger partial charge in [-0.05, 0) is 36.8 Å². The highest BCUT2D eigenvalue weighted by Crippen LogP contribution is 2.31. The lowest BCUT2D eigenvalue weighted by Crippen LogP contribution is -2.45. The van der Waals surface area contributed by atoms with E-state index in [0.29, 0.717) is 29.1 Å². The van der Waals surface area contributed by atoms with E-state index in [0.717, 1.165) is 17.7 Å². The second kappa shape index (κ2) is 8.26. The molecular formula is C18H23F3N2O2S. The van der Waals surface area contributed by atoms with E-state index in [1.165, 1.54) is 0 Å². The van der Waals surface area contributed by atoms with Crippen molar-refractivity contribution in [3.8, 4) is 0 Å². The fraction of sp³-hybridized carbons (Fsp3) is 0.444. The summed E-state index contributed by atoms with van der Waals surface area (Å²) in [5.74, 6) is 0. The van der Waals surface area contributed by atoms with Crippen LogP contribution < -0.4 is 5.32 Å². The molecule has 0 amide bonds. The van der Waals surface area contributed by atoms with E-state index in [1.54, 1.807) is 24.3 Å². The van der Waals surface area contributed by atoms with Crippen molar-refractivity contribution in [2.24, 2.45) is 0 Å². The molecule has 1 aliphatic heterocycles. The van der Waals surface area contributed by atoms with Crippen LogP contribution >= 0.6 is 0 Å². The van der Waals surface area contributed by atoms with Gasteiger partial charge in [0.25, 0.3) is 0 Å². The lowest BCUT2D eigenvalue weighted by molar-refractivity contribution is -0.0487. The molecule has 8 heteroatoms. The molecule has 2 aliphatic rings. The van der Waals surface area contributed by atoms with Gasteiger partial charge in [-0.2, -0.15) is 17.5 Å². The van der Waals surface area contributed by atoms with Crippen LogP contribution in [0.2, 0.25) is 0 Å². The molecule has 1 unspecified atom stereocenters. The fourth-order valence-electron chi connectivity index (χ4n) is 3.03. The molecule has 0 bridgehead atoms. The second-order valence-electron chi connectivity index (χ2n) is 6.23. The van der Waals surface area contributed by atoms with Crippen molar-refractivity contribution in [2.45, 2.75) is 37.2 Å². The zero-order valence-electron chi connectivity index (χ0n) is 14.4. The van der Waals surface area contributed by atoms with Crippen molar-refractivity contribution in [1.82, 2.24) is 9.62 Å². The Kier molecular flexibility index (Phi) is 6.52. The van der Waals surface area contributed by atoms with Gasteiger partial charge in [-0.25, -0.2) is 8.42 Å². The van der Waals surface area contributed by atoms with Gasteiger partial charge in [0.15, 0.2) is 0 Å². The number of alkyl halides is 3. The van der Waals surface area contributed by atoms with Crippen LogP contribution in [0.5, 0.6) is 0 Å². The molecule has 1 heterocycles. The van der Waals surface area contributed by atoms with E-state index in [9.17, 15) is 21.6 Å². The number of hydrogen-bond donors (Lipinski definition) is 1. The molecule has 1 atom stereocenters. The molecule has 0 spiro atoms. The molecule has 1 saturated heterocycles. The molecule has 1 N–H and O–H groups in total. The third kappa shape index (κ3) is 4.67. The van der Waals surface area contributed by atoms with Crippen molar-refractivity contribution in [3.63, 3.8) is 0 Å². The van der Waals surface area contributed by atoms with Gasteiger partial charge in [-0.15, -0.1) is 0 Å². The van der Waals surface area contributed by atoms with Crippen LogP contribution in [0.25, 0.3) is 0 Å². The van der Waals surface area contributed by atoms with Crippen molar-refractivity contribution in [2.75, 3.05) is 13.1 Å². The number of sulfonamides is 1. The first-order valence-electron chi connectivity index (χ1n) is 8.35. The van der Waals surface area contributed by atoms with Crippen molar-refractivity contribution in [1.29, 1.82) is 0 Å². The van der Waals surface area contributed by atoms with E-state index in [2.05, 4.69) is 18.5 Å². The summed E-state index contributed by atoms with van der Waals surface area (Å²) in [7, 11) is -5.39. The van der Waals surface area contributed by atoms with Crippen LogP contribution in [0, 0.1) is 0 Å². The number of nitrogens with zero attached hydrogens (tertiary/aromatic N) is 1. The van der Waals surface area contributed by atoms with E-state index < -0.39 is 21.6 Å². The van der Waals surface area contributed by atoms with Gasteiger partial charge in [-0.3, -0.25) is 0 Å². The zero-order valence-corrected chi connectivity index (χ0v) is 15.2. The minimum Gasteiger partial charge on any atom is -0.381 e. The normalized spacial score (nSPS) is 22.4. The number of hydrogen-bond acceptors (Lipinski definition) is 3. The number of fused-ring (bicyclic) bond motifs is 1. The Morgan fingerprint density at radius 2 is 2.00 bits per heavy atom. The van der Waals surface area contributed by atoms with Crippen LogP contribution in [0.15, 0.2) is 60.4 Å². The molecule has 2 rings (SSSR count). The fourth-order valence-corrected chi connectivity index (χ4v) is 4.01. The first-order valence-corrected chi connectivity index (χ1v) is 9.79. The van der Waals surface area contributed by atoms with Gasteiger partial charge in [-0.1, -0.05) is 43.5 Å². The lowest BCUT2D eigenvalue weighted by Gasteiger charge is -2.25. The highest BCUT2D eigenvalue weighted by Gasteiger charge is 2.51. The number of allylic oxidation sites excluding steroid dienone is 6. The minimum atomic E-state index is -5.39. The lowest BCUT2D eigenvalue weighted by atomic mass is 10.0. The SMILES string of the molecule is C=C/C=C(\C=C)CCC1CN(S(=O)(=O)C(F)(F)F)CC2=CCCC=C2N1. The number of rotatable bonds is 6. The third-order valence-electron chi connectivity index (χ3n) is 4.39. The maximum Gasteiger partial charge on any atom is 0.511 e. The molecule has 1 aliphatic carbocycles. The van der Waals surface area contributed by atoms with Crippen LogP contribution in [0.3, 0.4) is 0 Å². The van der Waals surface area contributed by atoms with Gasteiger partial charge in [0.1, 0.15) is 0 Å². The highest BCUT2D eigenvalue weighted by atomic mass is 32.2. The van der Waals surface area contributed by atoms with E-state index in [1.807, 2.05) is 6.08 Å². The number of halogens is 3. The molecule has 0 saturated carbocycles. The Hall–Kier alpha value is -1.80. The summed E-state index contributed by atoms with van der Waals surface area (Å²) >= 11 is 0. The molecule has 1 fully saturated rings. The summed E-state index contributed by atoms with van der Waals surface area (Å²) in [6, 6.07) is -0.435. The predicted molar refractivity (Wildman–Crippen MR) is 96.6 cm³/mol. The summed E-state index contributed by atoms with van der Waals surface area (Å²) in [4.78, 5) is 0. The van der Waals surface area contributed by atoms with Crippen LogP contribution in [-0.4, -0.2) is 37.4 Å². The Labute approximate surface area is 152 Å². The Morgan fingerprint density at radius 1 is 1.31 bits per heavy atom. The van der Waals surface area contributed by atoms with Crippen LogP contribution in [-0.2, 0) is 10.0 Å². The molecule has 0 radical (unpaired) electrons. The Morgan fingerprint density at radius 3 is 2.62 bits per heavy atom. The molecule has 144 valence electrons. The average Bonchev–Trinajstić information content (AvgIpc) is 2.77. The summed E-state index contributed by atoms with van der Waals surface area (Å²) in [5.41, 5.74) is -3.09. The first-order chi connectivity index (χ1) is 12.2. The topological polar surface area (TPSA) is 49.4 Å². The molecule has 4 nitrogen and oxygen atoms in total. The van der Waals surface area contributed by atoms with Gasteiger partial charge in [0.05, 0.1) is 0 Å². The first kappa shape index (κ1) is 20.5. The summed E-state index contributed by atoms with van der Waals surface area (Å²) in [6.07, 6.45) is 11.3. The highest BCUT2D eigenvalue weighted by molar-refractivity contribution is 7.90. The van der Waals surface area contributed by atoms with Crippen LogP contribution in [0.4, 0.5) is 13.2 Å². The van der Waals surface area contributed by atoms with Gasteiger partial charge in [0, 0.05) is 24.8 Å². The smallest absolute Gasteiger partial charge is 0.381 e. The molecule has 0 aromatic heterocycles. The van der Waals surface area contributed by atoms with Gasteiger partial charge < -0.3 is 5.32 Å². The average molecular weight is 388 g/mol. The summed E-state index contributed by atoms with van der Waals surface area (Å²) in [5, 5.41) is 3.22. The maximum absolute atomic E-state index is 13.1. The summed E-state index contributed by atoms with van der Waals surface area (Å²) < 4.78 is 63.6. The monoisotopic (exact) mass is 388 g/mol. The largest absolute Gasteiger partial charge is 0.511 e. The van der Waals surface area contributed by atoms with E-state index in [-0.39, 0.29) is 13.1 Å². The van der Waals surface area contributed by atoms with Crippen molar-refractivity contribution < 1.29 is 21.6 Å². The second-order valence-corrected chi connectivity index (χ2v) is 8.16. The summed E-state index contributed by atoms with van der Waals surface area (Å²) in [6.45, 7) is 6.81. The molecule has 0 aromatic carbocycles.